The second kappa shape index (κ2) is 13.5. The molecule has 2 saturated heterocycles. The summed E-state index contributed by atoms with van der Waals surface area (Å²) in [7, 11) is -3.10. The molecule has 0 saturated carbocycles. The standard InChI is InChI=1S/C30H43ClN6O7S/c1-19-24(42-17-21-25(31)32-18-33-26(21)36-12-14-45(40,41)15-13-36)23(35-27(38)43-29(2,3)4)16-22(34-19)20-8-10-37(11-9-20)28(39)44-30(5,6)7/h16,18,20H,8-15,17H2,1-7H3,(H,34,35,38). The average molecular weight is 667 g/mol. The first kappa shape index (κ1) is 34.5. The third-order valence-electron chi connectivity index (χ3n) is 7.24. The van der Waals surface area contributed by atoms with E-state index in [-0.39, 0.29) is 48.4 Å². The van der Waals surface area contributed by atoms with E-state index in [1.807, 2.05) is 25.7 Å². The van der Waals surface area contributed by atoms with Gasteiger partial charge >= 0.3 is 12.2 Å². The largest absolute Gasteiger partial charge is 0.485 e. The van der Waals surface area contributed by atoms with Gasteiger partial charge in [-0.2, -0.15) is 0 Å². The zero-order chi connectivity index (χ0) is 33.2. The van der Waals surface area contributed by atoms with Crippen molar-refractivity contribution in [1.82, 2.24) is 19.9 Å². The van der Waals surface area contributed by atoms with E-state index in [9.17, 15) is 18.0 Å². The van der Waals surface area contributed by atoms with Crippen LogP contribution in [0.1, 0.15) is 77.3 Å². The molecule has 13 nitrogen and oxygen atoms in total. The smallest absolute Gasteiger partial charge is 0.412 e. The van der Waals surface area contributed by atoms with Crippen LogP contribution in [0.4, 0.5) is 21.1 Å². The Morgan fingerprint density at radius 3 is 2.22 bits per heavy atom. The number of rotatable bonds is 6. The van der Waals surface area contributed by atoms with Crippen molar-refractivity contribution in [2.45, 2.75) is 85.0 Å². The molecule has 0 unspecified atom stereocenters. The zero-order valence-electron chi connectivity index (χ0n) is 27.0. The number of carbonyl (C=O) groups excluding carboxylic acids is 2. The number of likely N-dealkylation sites (tertiary alicyclic amines) is 1. The summed E-state index contributed by atoms with van der Waals surface area (Å²) in [6, 6.07) is 1.78. The quantitative estimate of drug-likeness (QED) is 0.409. The summed E-state index contributed by atoms with van der Waals surface area (Å²) in [5, 5.41) is 3.00. The molecule has 248 valence electrons. The van der Waals surface area contributed by atoms with E-state index in [0.29, 0.717) is 54.4 Å². The van der Waals surface area contributed by atoms with Crippen molar-refractivity contribution >= 4 is 45.1 Å². The summed E-state index contributed by atoms with van der Waals surface area (Å²) < 4.78 is 41.3. The van der Waals surface area contributed by atoms with Gasteiger partial charge in [0.15, 0.2) is 15.6 Å². The van der Waals surface area contributed by atoms with Crippen molar-refractivity contribution in [2.75, 3.05) is 47.9 Å². The molecule has 1 N–H and O–H groups in total. The maximum Gasteiger partial charge on any atom is 0.412 e. The molecule has 0 atom stereocenters. The fraction of sp³-hybridized carbons (Fsp3) is 0.633. The van der Waals surface area contributed by atoms with Gasteiger partial charge in [-0.3, -0.25) is 10.3 Å². The van der Waals surface area contributed by atoms with Crippen molar-refractivity contribution in [3.63, 3.8) is 0 Å². The Balaban J connectivity index is 1.57. The van der Waals surface area contributed by atoms with Crippen LogP contribution in [-0.4, -0.2) is 89.3 Å². The SMILES string of the molecule is Cc1nc(C2CCN(C(=O)OC(C)(C)C)CC2)cc(NC(=O)OC(C)(C)C)c1OCc1c(Cl)ncnc1N1CCS(=O)(=O)CC1. The molecule has 15 heteroatoms. The molecular formula is C30H43ClN6O7S. The molecule has 2 aliphatic rings. The lowest BCUT2D eigenvalue weighted by atomic mass is 9.92. The molecule has 2 aliphatic heterocycles. The molecule has 2 fully saturated rings. The van der Waals surface area contributed by atoms with Gasteiger partial charge in [0.2, 0.25) is 0 Å². The number of anilines is 2. The van der Waals surface area contributed by atoms with E-state index in [1.165, 1.54) is 6.33 Å². The van der Waals surface area contributed by atoms with Crippen LogP contribution in [0.5, 0.6) is 5.75 Å². The van der Waals surface area contributed by atoms with Crippen LogP contribution in [0, 0.1) is 6.92 Å². The summed E-state index contributed by atoms with van der Waals surface area (Å²) in [6.07, 6.45) is 1.68. The minimum atomic E-state index is -3.10. The number of halogens is 1. The lowest BCUT2D eigenvalue weighted by molar-refractivity contribution is 0.0203. The first-order valence-electron chi connectivity index (χ1n) is 15.0. The van der Waals surface area contributed by atoms with Gasteiger partial charge in [0.1, 0.15) is 35.1 Å². The van der Waals surface area contributed by atoms with Gasteiger partial charge in [-0.15, -0.1) is 0 Å². The van der Waals surface area contributed by atoms with E-state index in [2.05, 4.69) is 15.3 Å². The normalized spacial score (nSPS) is 17.5. The predicted octanol–water partition coefficient (Wildman–Crippen LogP) is 5.11. The number of pyridine rings is 1. The first-order chi connectivity index (χ1) is 20.9. The molecule has 0 radical (unpaired) electrons. The summed E-state index contributed by atoms with van der Waals surface area (Å²) in [6.45, 7) is 14.1. The highest BCUT2D eigenvalue weighted by atomic mass is 35.5. The number of nitrogens with one attached hydrogen (secondary N) is 1. The summed E-state index contributed by atoms with van der Waals surface area (Å²) in [4.78, 5) is 42.3. The maximum atomic E-state index is 12.9. The van der Waals surface area contributed by atoms with Crippen LogP contribution in [0.3, 0.4) is 0 Å². The Labute approximate surface area is 269 Å². The van der Waals surface area contributed by atoms with Crippen LogP contribution in [0.15, 0.2) is 12.4 Å². The van der Waals surface area contributed by atoms with Gasteiger partial charge in [0.25, 0.3) is 0 Å². The number of carbonyl (C=O) groups is 2. The number of sulfone groups is 1. The fourth-order valence-corrected chi connectivity index (χ4v) is 6.50. The van der Waals surface area contributed by atoms with Crippen LogP contribution in [0.2, 0.25) is 5.15 Å². The van der Waals surface area contributed by atoms with Crippen LogP contribution >= 0.6 is 11.6 Å². The van der Waals surface area contributed by atoms with E-state index >= 15 is 0 Å². The van der Waals surface area contributed by atoms with E-state index in [4.69, 9.17) is 30.8 Å². The van der Waals surface area contributed by atoms with E-state index < -0.39 is 27.1 Å². The third kappa shape index (κ3) is 9.55. The molecule has 2 amide bonds. The van der Waals surface area contributed by atoms with E-state index in [1.54, 1.807) is 38.7 Å². The maximum absolute atomic E-state index is 12.9. The molecule has 0 spiro atoms. The van der Waals surface area contributed by atoms with Gasteiger partial charge in [-0.05, 0) is 67.4 Å². The Bertz CT molecular complexity index is 1500. The van der Waals surface area contributed by atoms with E-state index in [0.717, 1.165) is 5.69 Å². The third-order valence-corrected chi connectivity index (χ3v) is 9.17. The highest BCUT2D eigenvalue weighted by Crippen LogP contribution is 2.36. The van der Waals surface area contributed by atoms with Gasteiger partial charge in [0, 0.05) is 37.8 Å². The summed E-state index contributed by atoms with van der Waals surface area (Å²) >= 11 is 6.49. The van der Waals surface area contributed by atoms with Crippen molar-refractivity contribution in [2.24, 2.45) is 0 Å². The number of ether oxygens (including phenoxy) is 3. The Hall–Kier alpha value is -3.39. The fourth-order valence-electron chi connectivity index (χ4n) is 5.11. The highest BCUT2D eigenvalue weighted by Gasteiger charge is 2.30. The monoisotopic (exact) mass is 666 g/mol. The second-order valence-electron chi connectivity index (χ2n) is 13.3. The molecule has 0 aliphatic carbocycles. The van der Waals surface area contributed by atoms with Gasteiger partial charge in [-0.1, -0.05) is 11.6 Å². The number of hydrogen-bond acceptors (Lipinski definition) is 11. The molecule has 0 bridgehead atoms. The van der Waals surface area contributed by atoms with Crippen LogP contribution < -0.4 is 15.0 Å². The number of aromatic nitrogens is 3. The summed E-state index contributed by atoms with van der Waals surface area (Å²) in [5.74, 6) is 0.878. The number of piperidine rings is 1. The lowest BCUT2D eigenvalue weighted by Crippen LogP contribution is -2.41. The van der Waals surface area contributed by atoms with Gasteiger partial charge in [-0.25, -0.2) is 28.0 Å². The zero-order valence-corrected chi connectivity index (χ0v) is 28.5. The lowest BCUT2D eigenvalue weighted by Gasteiger charge is -2.33. The van der Waals surface area contributed by atoms with Crippen molar-refractivity contribution in [3.8, 4) is 5.75 Å². The topological polar surface area (TPSA) is 153 Å². The van der Waals surface area contributed by atoms with Crippen molar-refractivity contribution in [3.05, 3.63) is 34.5 Å². The molecule has 4 rings (SSSR count). The van der Waals surface area contributed by atoms with Crippen LogP contribution in [-0.2, 0) is 25.9 Å². The predicted molar refractivity (Wildman–Crippen MR) is 171 cm³/mol. The Kier molecular flexibility index (Phi) is 10.4. The summed E-state index contributed by atoms with van der Waals surface area (Å²) in [5.41, 5.74) is 0.851. The van der Waals surface area contributed by atoms with Crippen LogP contribution in [0.25, 0.3) is 0 Å². The highest BCUT2D eigenvalue weighted by molar-refractivity contribution is 7.91. The van der Waals surface area contributed by atoms with Crippen molar-refractivity contribution in [1.29, 1.82) is 0 Å². The minimum Gasteiger partial charge on any atom is -0.485 e. The van der Waals surface area contributed by atoms with Gasteiger partial charge in [0.05, 0.1) is 28.5 Å². The minimum absolute atomic E-state index is 0.0140. The Morgan fingerprint density at radius 2 is 1.62 bits per heavy atom. The van der Waals surface area contributed by atoms with Crippen molar-refractivity contribution < 1.29 is 32.2 Å². The number of nitrogens with zero attached hydrogens (tertiary/aromatic N) is 5. The van der Waals surface area contributed by atoms with Gasteiger partial charge < -0.3 is 24.0 Å². The second-order valence-corrected chi connectivity index (χ2v) is 15.9. The molecule has 45 heavy (non-hydrogen) atoms. The Morgan fingerprint density at radius 1 is 1.00 bits per heavy atom. The molecule has 4 heterocycles. The number of aryl methyl sites for hydroxylation is 1. The first-order valence-corrected chi connectivity index (χ1v) is 17.2. The number of amides is 2. The molecular weight excluding hydrogens is 624 g/mol. The molecule has 2 aromatic rings. The molecule has 0 aromatic carbocycles. The number of hydrogen-bond donors (Lipinski definition) is 1. The molecule has 2 aromatic heterocycles. The average Bonchev–Trinajstić information content (AvgIpc) is 2.91.